The van der Waals surface area contributed by atoms with Crippen molar-refractivity contribution >= 4 is 34.6 Å². The highest BCUT2D eigenvalue weighted by Crippen LogP contribution is 2.19. The van der Waals surface area contributed by atoms with E-state index in [2.05, 4.69) is 0 Å². The van der Waals surface area contributed by atoms with E-state index in [4.69, 9.17) is 22.1 Å². The van der Waals surface area contributed by atoms with Crippen molar-refractivity contribution in [3.05, 3.63) is 51.2 Å². The third-order valence-corrected chi connectivity index (χ3v) is 3.57. The lowest BCUT2D eigenvalue weighted by Gasteiger charge is -2.06. The number of esters is 1. The van der Waals surface area contributed by atoms with Crippen molar-refractivity contribution in [2.75, 3.05) is 12.3 Å². The summed E-state index contributed by atoms with van der Waals surface area (Å²) in [6.07, 6.45) is 0.712. The van der Waals surface area contributed by atoms with Gasteiger partial charge in [0.05, 0.1) is 12.2 Å². The second kappa shape index (κ2) is 5.89. The maximum absolute atomic E-state index is 11.8. The van der Waals surface area contributed by atoms with Gasteiger partial charge in [-0.25, -0.2) is 4.79 Å². The van der Waals surface area contributed by atoms with Gasteiger partial charge in [0.1, 0.15) is 0 Å². The molecule has 18 heavy (non-hydrogen) atoms. The van der Waals surface area contributed by atoms with Gasteiger partial charge in [0.25, 0.3) is 0 Å². The molecule has 2 aromatic rings. The third kappa shape index (κ3) is 3.24. The van der Waals surface area contributed by atoms with Gasteiger partial charge in [-0.05, 0) is 29.6 Å². The van der Waals surface area contributed by atoms with Crippen LogP contribution >= 0.6 is 22.9 Å². The molecule has 3 nitrogen and oxygen atoms in total. The summed E-state index contributed by atoms with van der Waals surface area (Å²) in [6.45, 7) is 0.339. The highest BCUT2D eigenvalue weighted by molar-refractivity contribution is 7.09. The summed E-state index contributed by atoms with van der Waals surface area (Å²) >= 11 is 7.45. The van der Waals surface area contributed by atoms with E-state index in [1.54, 1.807) is 23.5 Å². The second-order valence-corrected chi connectivity index (χ2v) is 5.17. The Morgan fingerprint density at radius 3 is 2.94 bits per heavy atom. The van der Waals surface area contributed by atoms with E-state index in [1.165, 1.54) is 10.9 Å². The molecule has 0 fully saturated rings. The number of thiophene rings is 1. The van der Waals surface area contributed by atoms with Gasteiger partial charge in [-0.2, -0.15) is 0 Å². The van der Waals surface area contributed by atoms with Crippen molar-refractivity contribution in [2.45, 2.75) is 6.42 Å². The molecule has 1 aromatic carbocycles. The van der Waals surface area contributed by atoms with Gasteiger partial charge in [0.15, 0.2) is 0 Å². The van der Waals surface area contributed by atoms with Crippen LogP contribution in [0.4, 0.5) is 5.69 Å². The zero-order valence-corrected chi connectivity index (χ0v) is 11.1. The van der Waals surface area contributed by atoms with Gasteiger partial charge in [0.2, 0.25) is 0 Å². The highest BCUT2D eigenvalue weighted by Gasteiger charge is 2.11. The molecule has 0 aliphatic carbocycles. The van der Waals surface area contributed by atoms with E-state index in [0.29, 0.717) is 29.3 Å². The predicted octanol–water partition coefficient (Wildman–Crippen LogP) is 3.38. The Morgan fingerprint density at radius 2 is 2.22 bits per heavy atom. The molecule has 0 unspecified atom stereocenters. The molecular formula is C13H12ClNO2S. The summed E-state index contributed by atoms with van der Waals surface area (Å²) in [4.78, 5) is 13.0. The lowest BCUT2D eigenvalue weighted by atomic mass is 10.2. The fraction of sp³-hybridized carbons (Fsp3) is 0.154. The maximum atomic E-state index is 11.8. The quantitative estimate of drug-likeness (QED) is 0.690. The molecular weight excluding hydrogens is 270 g/mol. The van der Waals surface area contributed by atoms with Crippen molar-refractivity contribution in [2.24, 2.45) is 0 Å². The van der Waals surface area contributed by atoms with Gasteiger partial charge in [-0.1, -0.05) is 17.7 Å². The van der Waals surface area contributed by atoms with Crippen molar-refractivity contribution in [1.29, 1.82) is 0 Å². The van der Waals surface area contributed by atoms with E-state index >= 15 is 0 Å². The third-order valence-electron chi connectivity index (χ3n) is 2.40. The smallest absolute Gasteiger partial charge is 0.340 e. The molecule has 0 amide bonds. The molecule has 2 rings (SSSR count). The Bertz CT molecular complexity index is 540. The first-order valence-electron chi connectivity index (χ1n) is 5.41. The molecule has 0 atom stereocenters. The summed E-state index contributed by atoms with van der Waals surface area (Å²) < 4.78 is 5.17. The first kappa shape index (κ1) is 12.9. The molecule has 0 bridgehead atoms. The number of rotatable bonds is 4. The average Bonchev–Trinajstić information content (AvgIpc) is 2.85. The van der Waals surface area contributed by atoms with Crippen LogP contribution in [0, 0.1) is 0 Å². The summed E-state index contributed by atoms with van der Waals surface area (Å²) in [6, 6.07) is 8.73. The number of carbonyl (C=O) groups is 1. The fourth-order valence-electron chi connectivity index (χ4n) is 1.48. The van der Waals surface area contributed by atoms with Gasteiger partial charge < -0.3 is 10.5 Å². The van der Waals surface area contributed by atoms with Gasteiger partial charge in [-0.3, -0.25) is 0 Å². The molecule has 0 radical (unpaired) electrons. The molecule has 0 aliphatic rings. The Hall–Kier alpha value is -1.52. The van der Waals surface area contributed by atoms with Crippen LogP contribution in [0.2, 0.25) is 5.02 Å². The van der Waals surface area contributed by atoms with Crippen molar-refractivity contribution in [3.8, 4) is 0 Å². The van der Waals surface area contributed by atoms with Crippen LogP contribution in [0.15, 0.2) is 35.7 Å². The number of anilines is 1. The largest absolute Gasteiger partial charge is 0.462 e. The predicted molar refractivity (Wildman–Crippen MR) is 74.2 cm³/mol. The number of nitrogen functional groups attached to an aromatic ring is 1. The molecule has 0 saturated carbocycles. The average molecular weight is 282 g/mol. The summed E-state index contributed by atoms with van der Waals surface area (Å²) in [5.74, 6) is -0.438. The Balaban J connectivity index is 1.93. The molecule has 2 N–H and O–H groups in total. The SMILES string of the molecule is Nc1ccc(Cl)cc1C(=O)OCCc1cccs1. The van der Waals surface area contributed by atoms with Crippen molar-refractivity contribution in [1.82, 2.24) is 0 Å². The van der Waals surface area contributed by atoms with Crippen LogP contribution in [0.25, 0.3) is 0 Å². The van der Waals surface area contributed by atoms with E-state index < -0.39 is 5.97 Å². The molecule has 0 spiro atoms. The number of halogens is 1. The number of ether oxygens (including phenoxy) is 1. The fourth-order valence-corrected chi connectivity index (χ4v) is 2.34. The van der Waals surface area contributed by atoms with E-state index in [1.807, 2.05) is 17.5 Å². The summed E-state index contributed by atoms with van der Waals surface area (Å²) in [5, 5.41) is 2.46. The molecule has 1 aromatic heterocycles. The number of carbonyl (C=O) groups excluding carboxylic acids is 1. The van der Waals surface area contributed by atoms with Gasteiger partial charge >= 0.3 is 5.97 Å². The lowest BCUT2D eigenvalue weighted by Crippen LogP contribution is -2.10. The van der Waals surface area contributed by atoms with Crippen LogP contribution in [0.3, 0.4) is 0 Å². The van der Waals surface area contributed by atoms with Crippen LogP contribution in [0.5, 0.6) is 0 Å². The maximum Gasteiger partial charge on any atom is 0.340 e. The Labute approximate surface area is 114 Å². The Kier molecular flexibility index (Phi) is 4.23. The normalized spacial score (nSPS) is 10.3. The summed E-state index contributed by atoms with van der Waals surface area (Å²) in [5.41, 5.74) is 6.39. The monoisotopic (exact) mass is 281 g/mol. The molecule has 0 saturated heterocycles. The minimum absolute atomic E-state index is 0.314. The second-order valence-electron chi connectivity index (χ2n) is 3.70. The number of hydrogen-bond donors (Lipinski definition) is 1. The topological polar surface area (TPSA) is 52.3 Å². The Morgan fingerprint density at radius 1 is 1.39 bits per heavy atom. The number of benzene rings is 1. The standard InChI is InChI=1S/C13H12ClNO2S/c14-9-3-4-12(15)11(8-9)13(16)17-6-5-10-2-1-7-18-10/h1-4,7-8H,5-6,15H2. The highest BCUT2D eigenvalue weighted by atomic mass is 35.5. The minimum Gasteiger partial charge on any atom is -0.462 e. The van der Waals surface area contributed by atoms with E-state index in [0.717, 1.165) is 0 Å². The molecule has 0 aliphatic heterocycles. The minimum atomic E-state index is -0.438. The van der Waals surface area contributed by atoms with Crippen LogP contribution in [0.1, 0.15) is 15.2 Å². The van der Waals surface area contributed by atoms with Crippen LogP contribution < -0.4 is 5.73 Å². The number of nitrogens with two attached hydrogens (primary N) is 1. The van der Waals surface area contributed by atoms with Crippen LogP contribution in [-0.4, -0.2) is 12.6 Å². The first-order chi connectivity index (χ1) is 8.66. The van der Waals surface area contributed by atoms with Crippen molar-refractivity contribution in [3.63, 3.8) is 0 Å². The van der Waals surface area contributed by atoms with E-state index in [-0.39, 0.29) is 0 Å². The summed E-state index contributed by atoms with van der Waals surface area (Å²) in [7, 11) is 0. The zero-order chi connectivity index (χ0) is 13.0. The lowest BCUT2D eigenvalue weighted by molar-refractivity contribution is 0.0511. The first-order valence-corrected chi connectivity index (χ1v) is 6.67. The van der Waals surface area contributed by atoms with Crippen molar-refractivity contribution < 1.29 is 9.53 Å². The zero-order valence-electron chi connectivity index (χ0n) is 9.56. The number of hydrogen-bond acceptors (Lipinski definition) is 4. The van der Waals surface area contributed by atoms with Gasteiger partial charge in [0, 0.05) is 22.0 Å². The van der Waals surface area contributed by atoms with Crippen LogP contribution in [-0.2, 0) is 11.2 Å². The van der Waals surface area contributed by atoms with E-state index in [9.17, 15) is 4.79 Å². The van der Waals surface area contributed by atoms with Gasteiger partial charge in [-0.15, -0.1) is 11.3 Å². The molecule has 5 heteroatoms. The molecule has 94 valence electrons. The molecule has 1 heterocycles.